The molecule has 1 aromatic heterocycles. The van der Waals surface area contributed by atoms with E-state index in [1.807, 2.05) is 13.0 Å². The summed E-state index contributed by atoms with van der Waals surface area (Å²) in [6.07, 6.45) is 2.09. The second-order valence-electron chi connectivity index (χ2n) is 4.70. The lowest BCUT2D eigenvalue weighted by atomic mass is 10.3. The van der Waals surface area contributed by atoms with Crippen LogP contribution in [0.15, 0.2) is 10.6 Å². The second kappa shape index (κ2) is 6.14. The quantitative estimate of drug-likeness (QED) is 0.705. The van der Waals surface area contributed by atoms with Crippen LogP contribution in [0.25, 0.3) is 0 Å². The van der Waals surface area contributed by atoms with Crippen molar-refractivity contribution in [2.24, 2.45) is 5.92 Å². The molecule has 1 fully saturated rings. The maximum atomic E-state index is 9.63. The highest BCUT2D eigenvalue weighted by molar-refractivity contribution is 5.02. The molecule has 1 aromatic rings. The Balaban J connectivity index is 1.51. The predicted molar refractivity (Wildman–Crippen MR) is 62.5 cm³/mol. The average molecular weight is 240 g/mol. The summed E-state index contributed by atoms with van der Waals surface area (Å²) in [5.41, 5.74) is 0.870. The van der Waals surface area contributed by atoms with E-state index in [1.165, 1.54) is 12.8 Å². The zero-order valence-electron chi connectivity index (χ0n) is 10.2. The van der Waals surface area contributed by atoms with E-state index < -0.39 is 6.10 Å². The largest absolute Gasteiger partial charge is 0.389 e. The van der Waals surface area contributed by atoms with Gasteiger partial charge in [0.15, 0.2) is 5.76 Å². The van der Waals surface area contributed by atoms with Gasteiger partial charge >= 0.3 is 0 Å². The molecule has 1 aliphatic rings. The SMILES string of the molecule is Cc1cc(CNCC(O)COCC2CC2)on1. The molecule has 17 heavy (non-hydrogen) atoms. The van der Waals surface area contributed by atoms with Crippen molar-refractivity contribution in [2.75, 3.05) is 19.8 Å². The maximum Gasteiger partial charge on any atom is 0.150 e. The molecule has 96 valence electrons. The van der Waals surface area contributed by atoms with Crippen LogP contribution < -0.4 is 5.32 Å². The lowest BCUT2D eigenvalue weighted by Crippen LogP contribution is -2.30. The Morgan fingerprint density at radius 2 is 2.47 bits per heavy atom. The van der Waals surface area contributed by atoms with Crippen LogP contribution >= 0.6 is 0 Å². The number of aromatic nitrogens is 1. The van der Waals surface area contributed by atoms with E-state index >= 15 is 0 Å². The average Bonchev–Trinajstić information content (AvgIpc) is 3.02. The Morgan fingerprint density at radius 3 is 3.12 bits per heavy atom. The van der Waals surface area contributed by atoms with E-state index in [-0.39, 0.29) is 0 Å². The molecule has 0 saturated heterocycles. The molecular formula is C12H20N2O3. The maximum absolute atomic E-state index is 9.63. The summed E-state index contributed by atoms with van der Waals surface area (Å²) >= 11 is 0. The van der Waals surface area contributed by atoms with Gasteiger partial charge in [0.25, 0.3) is 0 Å². The van der Waals surface area contributed by atoms with Gasteiger partial charge in [0.1, 0.15) is 0 Å². The number of aliphatic hydroxyl groups excluding tert-OH is 1. The smallest absolute Gasteiger partial charge is 0.150 e. The topological polar surface area (TPSA) is 67.5 Å². The summed E-state index contributed by atoms with van der Waals surface area (Å²) in [6, 6.07) is 1.88. The lowest BCUT2D eigenvalue weighted by Gasteiger charge is -2.11. The summed E-state index contributed by atoms with van der Waals surface area (Å²) in [4.78, 5) is 0. The van der Waals surface area contributed by atoms with Gasteiger partial charge in [0.05, 0.1) is 24.9 Å². The molecule has 1 atom stereocenters. The number of nitrogens with one attached hydrogen (secondary N) is 1. The Labute approximate surface area is 101 Å². The van der Waals surface area contributed by atoms with E-state index in [4.69, 9.17) is 9.26 Å². The standard InChI is InChI=1S/C12H20N2O3/c1-9-4-12(17-14-9)6-13-5-11(15)8-16-7-10-2-3-10/h4,10-11,13,15H,2-3,5-8H2,1H3. The highest BCUT2D eigenvalue weighted by Crippen LogP contribution is 2.28. The molecule has 1 saturated carbocycles. The Morgan fingerprint density at radius 1 is 1.65 bits per heavy atom. The van der Waals surface area contributed by atoms with E-state index in [1.54, 1.807) is 0 Å². The van der Waals surface area contributed by atoms with Crippen LogP contribution in [0, 0.1) is 12.8 Å². The van der Waals surface area contributed by atoms with Crippen molar-refractivity contribution >= 4 is 0 Å². The van der Waals surface area contributed by atoms with Gasteiger partial charge < -0.3 is 19.7 Å². The molecule has 0 amide bonds. The molecule has 1 unspecified atom stereocenters. The fourth-order valence-electron chi connectivity index (χ4n) is 1.58. The van der Waals surface area contributed by atoms with Gasteiger partial charge in [-0.2, -0.15) is 0 Å². The minimum Gasteiger partial charge on any atom is -0.389 e. The van der Waals surface area contributed by atoms with Gasteiger partial charge in [0.2, 0.25) is 0 Å². The fourth-order valence-corrected chi connectivity index (χ4v) is 1.58. The number of nitrogens with zero attached hydrogens (tertiary/aromatic N) is 1. The Hall–Kier alpha value is -0.910. The third-order valence-electron chi connectivity index (χ3n) is 2.72. The second-order valence-corrected chi connectivity index (χ2v) is 4.70. The fraction of sp³-hybridized carbons (Fsp3) is 0.750. The summed E-state index contributed by atoms with van der Waals surface area (Å²) in [7, 11) is 0. The van der Waals surface area contributed by atoms with Crippen molar-refractivity contribution in [3.63, 3.8) is 0 Å². The van der Waals surface area contributed by atoms with Crippen LogP contribution in [-0.4, -0.2) is 36.1 Å². The monoisotopic (exact) mass is 240 g/mol. The first-order valence-electron chi connectivity index (χ1n) is 6.13. The molecule has 2 N–H and O–H groups in total. The van der Waals surface area contributed by atoms with E-state index in [0.717, 1.165) is 24.0 Å². The van der Waals surface area contributed by atoms with Crippen LogP contribution in [0.2, 0.25) is 0 Å². The third-order valence-corrected chi connectivity index (χ3v) is 2.72. The van der Waals surface area contributed by atoms with Gasteiger partial charge in [-0.15, -0.1) is 0 Å². The normalized spacial score (nSPS) is 17.3. The van der Waals surface area contributed by atoms with Crippen LogP contribution in [0.4, 0.5) is 0 Å². The molecule has 5 nitrogen and oxygen atoms in total. The van der Waals surface area contributed by atoms with Crippen molar-refractivity contribution in [3.05, 3.63) is 17.5 Å². The highest BCUT2D eigenvalue weighted by atomic mass is 16.5. The van der Waals surface area contributed by atoms with Gasteiger partial charge in [-0.1, -0.05) is 5.16 Å². The summed E-state index contributed by atoms with van der Waals surface area (Å²) in [5, 5.41) is 16.5. The van der Waals surface area contributed by atoms with Gasteiger partial charge in [-0.25, -0.2) is 0 Å². The van der Waals surface area contributed by atoms with Crippen molar-refractivity contribution in [2.45, 2.75) is 32.4 Å². The number of hydrogen-bond acceptors (Lipinski definition) is 5. The first-order chi connectivity index (χ1) is 8.24. The first kappa shape index (κ1) is 12.5. The number of rotatable bonds is 8. The number of ether oxygens (including phenoxy) is 1. The summed E-state index contributed by atoms with van der Waals surface area (Å²) in [5.74, 6) is 1.53. The summed E-state index contributed by atoms with van der Waals surface area (Å²) < 4.78 is 10.4. The van der Waals surface area contributed by atoms with Crippen LogP contribution in [0.5, 0.6) is 0 Å². The number of hydrogen-bond donors (Lipinski definition) is 2. The predicted octanol–water partition coefficient (Wildman–Crippen LogP) is 0.860. The molecule has 1 aliphatic carbocycles. The van der Waals surface area contributed by atoms with Crippen molar-refractivity contribution in [1.82, 2.24) is 10.5 Å². The zero-order valence-corrected chi connectivity index (χ0v) is 10.2. The molecule has 1 heterocycles. The third kappa shape index (κ3) is 4.85. The molecule has 2 rings (SSSR count). The number of aryl methyl sites for hydroxylation is 1. The van der Waals surface area contributed by atoms with Crippen LogP contribution in [0.3, 0.4) is 0 Å². The van der Waals surface area contributed by atoms with E-state index in [2.05, 4.69) is 10.5 Å². The molecular weight excluding hydrogens is 220 g/mol. The molecule has 0 aliphatic heterocycles. The lowest BCUT2D eigenvalue weighted by molar-refractivity contribution is 0.0322. The molecule has 0 aromatic carbocycles. The molecule has 5 heteroatoms. The van der Waals surface area contributed by atoms with E-state index in [9.17, 15) is 5.11 Å². The van der Waals surface area contributed by atoms with Gasteiger partial charge in [-0.3, -0.25) is 0 Å². The van der Waals surface area contributed by atoms with Crippen molar-refractivity contribution in [3.8, 4) is 0 Å². The molecule has 0 spiro atoms. The van der Waals surface area contributed by atoms with Crippen molar-refractivity contribution in [1.29, 1.82) is 0 Å². The van der Waals surface area contributed by atoms with Crippen LogP contribution in [-0.2, 0) is 11.3 Å². The number of aliphatic hydroxyl groups is 1. The highest BCUT2D eigenvalue weighted by Gasteiger charge is 2.21. The zero-order chi connectivity index (χ0) is 12.1. The minimum absolute atomic E-state index is 0.402. The Bertz CT molecular complexity index is 336. The molecule has 0 bridgehead atoms. The van der Waals surface area contributed by atoms with E-state index in [0.29, 0.717) is 19.7 Å². The first-order valence-corrected chi connectivity index (χ1v) is 6.13. The van der Waals surface area contributed by atoms with Gasteiger partial charge in [-0.05, 0) is 25.7 Å². The Kier molecular flexibility index (Phi) is 4.53. The molecule has 0 radical (unpaired) electrons. The van der Waals surface area contributed by atoms with Gasteiger partial charge in [0, 0.05) is 19.2 Å². The minimum atomic E-state index is -0.460. The van der Waals surface area contributed by atoms with Crippen LogP contribution in [0.1, 0.15) is 24.3 Å². The summed E-state index contributed by atoms with van der Waals surface area (Å²) in [6.45, 7) is 4.16. The van der Waals surface area contributed by atoms with Crippen molar-refractivity contribution < 1.29 is 14.4 Å².